The summed E-state index contributed by atoms with van der Waals surface area (Å²) >= 11 is 0. The Bertz CT molecular complexity index is 633. The normalized spacial score (nSPS) is 10.2. The zero-order valence-electron chi connectivity index (χ0n) is 12.0. The first-order valence-corrected chi connectivity index (χ1v) is 6.71. The molecule has 0 atom stereocenters. The maximum absolute atomic E-state index is 13.2. The van der Waals surface area contributed by atoms with Crippen LogP contribution in [-0.2, 0) is 0 Å². The van der Waals surface area contributed by atoms with Gasteiger partial charge in [0.2, 0.25) is 0 Å². The van der Waals surface area contributed by atoms with Crippen molar-refractivity contribution < 1.29 is 9.18 Å². The van der Waals surface area contributed by atoms with Crippen molar-refractivity contribution in [1.82, 2.24) is 9.97 Å². The van der Waals surface area contributed by atoms with E-state index >= 15 is 0 Å². The summed E-state index contributed by atoms with van der Waals surface area (Å²) < 4.78 is 13.2. The summed E-state index contributed by atoms with van der Waals surface area (Å²) in [5.41, 5.74) is 0.677. The maximum Gasteiger partial charge on any atom is 0.278 e. The summed E-state index contributed by atoms with van der Waals surface area (Å²) in [4.78, 5) is 21.9. The Balaban J connectivity index is 2.19. The lowest BCUT2D eigenvalue weighted by atomic mass is 10.2. The van der Waals surface area contributed by atoms with Crippen LogP contribution in [0.25, 0.3) is 0 Å². The molecule has 2 aromatic rings. The van der Waals surface area contributed by atoms with Gasteiger partial charge in [-0.25, -0.2) is 9.37 Å². The summed E-state index contributed by atoms with van der Waals surface area (Å²) in [5, 5.41) is 3.07. The number of anilines is 2. The number of halogens is 1. The molecule has 5 nitrogen and oxygen atoms in total. The molecule has 2 rings (SSSR count). The summed E-state index contributed by atoms with van der Waals surface area (Å²) in [7, 11) is 1.57. The van der Waals surface area contributed by atoms with Gasteiger partial charge in [-0.1, -0.05) is 13.0 Å². The molecule has 1 N–H and O–H groups in total. The molecule has 1 heterocycles. The fourth-order valence-electron chi connectivity index (χ4n) is 1.78. The van der Waals surface area contributed by atoms with Crippen LogP contribution in [-0.4, -0.2) is 29.5 Å². The van der Waals surface area contributed by atoms with Gasteiger partial charge in [0.1, 0.15) is 17.3 Å². The minimum atomic E-state index is -0.392. The van der Waals surface area contributed by atoms with Crippen molar-refractivity contribution >= 4 is 17.4 Å². The summed E-state index contributed by atoms with van der Waals surface area (Å²) in [6.07, 6.45) is 3.91. The van der Waals surface area contributed by atoms with Gasteiger partial charge in [0.15, 0.2) is 0 Å². The molecule has 110 valence electrons. The fraction of sp³-hybridized carbons (Fsp3) is 0.267. The zero-order chi connectivity index (χ0) is 15.2. The number of nitrogens with one attached hydrogen (secondary N) is 1. The number of hydrogen-bond acceptors (Lipinski definition) is 4. The first-order valence-electron chi connectivity index (χ1n) is 6.71. The highest BCUT2D eigenvalue weighted by atomic mass is 19.1. The number of hydrogen-bond donors (Lipinski definition) is 1. The van der Waals surface area contributed by atoms with E-state index in [4.69, 9.17) is 0 Å². The van der Waals surface area contributed by atoms with Crippen LogP contribution in [0.4, 0.5) is 15.9 Å². The molecule has 1 aromatic carbocycles. The van der Waals surface area contributed by atoms with E-state index in [-0.39, 0.29) is 11.6 Å². The Hall–Kier alpha value is -2.50. The average molecular weight is 288 g/mol. The van der Waals surface area contributed by atoms with E-state index in [9.17, 15) is 9.18 Å². The summed E-state index contributed by atoms with van der Waals surface area (Å²) in [5.74, 6) is -0.180. The lowest BCUT2D eigenvalue weighted by Crippen LogP contribution is -2.27. The van der Waals surface area contributed by atoms with Gasteiger partial charge in [-0.05, 0) is 24.6 Å². The largest absolute Gasteiger partial charge is 0.369 e. The number of rotatable bonds is 5. The SMILES string of the molecule is CCCNc1cncc(C(=O)N(C)c2cccc(F)c2)n1. The molecule has 21 heavy (non-hydrogen) atoms. The molecular formula is C15H17FN4O. The second kappa shape index (κ2) is 6.78. The maximum atomic E-state index is 13.2. The highest BCUT2D eigenvalue weighted by molar-refractivity contribution is 6.04. The molecule has 1 amide bonds. The van der Waals surface area contributed by atoms with E-state index in [0.717, 1.165) is 13.0 Å². The monoisotopic (exact) mass is 288 g/mol. The van der Waals surface area contributed by atoms with Gasteiger partial charge in [0, 0.05) is 19.3 Å². The van der Waals surface area contributed by atoms with Crippen molar-refractivity contribution in [3.8, 4) is 0 Å². The second-order valence-electron chi connectivity index (χ2n) is 4.56. The minimum absolute atomic E-state index is 0.211. The van der Waals surface area contributed by atoms with E-state index in [2.05, 4.69) is 15.3 Å². The first kappa shape index (κ1) is 14.9. The molecule has 6 heteroatoms. The molecule has 0 fully saturated rings. The average Bonchev–Trinajstić information content (AvgIpc) is 2.51. The third-order valence-corrected chi connectivity index (χ3v) is 2.91. The van der Waals surface area contributed by atoms with E-state index in [1.807, 2.05) is 6.92 Å². The number of carbonyl (C=O) groups is 1. The summed E-state index contributed by atoms with van der Waals surface area (Å²) in [6, 6.07) is 5.84. The zero-order valence-corrected chi connectivity index (χ0v) is 12.0. The topological polar surface area (TPSA) is 58.1 Å². The number of aromatic nitrogens is 2. The number of benzene rings is 1. The van der Waals surface area contributed by atoms with Crippen LogP contribution in [0.2, 0.25) is 0 Å². The standard InChI is InChI=1S/C15H17FN4O/c1-3-7-18-14-10-17-9-13(19-14)15(21)20(2)12-6-4-5-11(16)8-12/h4-6,8-10H,3,7H2,1-2H3,(H,18,19). The van der Waals surface area contributed by atoms with Gasteiger partial charge in [-0.15, -0.1) is 0 Å². The highest BCUT2D eigenvalue weighted by Gasteiger charge is 2.16. The number of carbonyl (C=O) groups excluding carboxylic acids is 1. The second-order valence-corrected chi connectivity index (χ2v) is 4.56. The molecule has 0 bridgehead atoms. The molecule has 0 saturated carbocycles. The Morgan fingerprint density at radius 1 is 1.38 bits per heavy atom. The van der Waals surface area contributed by atoms with Crippen LogP contribution in [0, 0.1) is 5.82 Å². The smallest absolute Gasteiger partial charge is 0.278 e. The lowest BCUT2D eigenvalue weighted by Gasteiger charge is -2.17. The van der Waals surface area contributed by atoms with Gasteiger partial charge in [0.05, 0.1) is 12.4 Å². The van der Waals surface area contributed by atoms with Crippen LogP contribution in [0.5, 0.6) is 0 Å². The third kappa shape index (κ3) is 3.75. The number of nitrogens with zero attached hydrogens (tertiary/aromatic N) is 3. The minimum Gasteiger partial charge on any atom is -0.369 e. The Morgan fingerprint density at radius 3 is 2.90 bits per heavy atom. The molecule has 0 radical (unpaired) electrons. The third-order valence-electron chi connectivity index (χ3n) is 2.91. The lowest BCUT2D eigenvalue weighted by molar-refractivity contribution is 0.0988. The molecule has 0 unspecified atom stereocenters. The van der Waals surface area contributed by atoms with Crippen LogP contribution < -0.4 is 10.2 Å². The molecule has 0 aliphatic rings. The quantitative estimate of drug-likeness (QED) is 0.919. The van der Waals surface area contributed by atoms with Crippen molar-refractivity contribution in [2.45, 2.75) is 13.3 Å². The Morgan fingerprint density at radius 2 is 2.19 bits per heavy atom. The van der Waals surface area contributed by atoms with E-state index in [1.54, 1.807) is 25.4 Å². The van der Waals surface area contributed by atoms with Crippen LogP contribution in [0.1, 0.15) is 23.8 Å². The van der Waals surface area contributed by atoms with Crippen molar-refractivity contribution in [1.29, 1.82) is 0 Å². The van der Waals surface area contributed by atoms with Gasteiger partial charge in [-0.2, -0.15) is 0 Å². The van der Waals surface area contributed by atoms with Gasteiger partial charge in [0.25, 0.3) is 5.91 Å². The fourth-order valence-corrected chi connectivity index (χ4v) is 1.78. The molecule has 0 aliphatic carbocycles. The van der Waals surface area contributed by atoms with E-state index in [0.29, 0.717) is 11.5 Å². The molecular weight excluding hydrogens is 271 g/mol. The number of amides is 1. The van der Waals surface area contributed by atoms with Crippen LogP contribution >= 0.6 is 0 Å². The van der Waals surface area contributed by atoms with Crippen LogP contribution in [0.15, 0.2) is 36.7 Å². The first-order chi connectivity index (χ1) is 10.1. The van der Waals surface area contributed by atoms with E-state index < -0.39 is 5.82 Å². The molecule has 0 aliphatic heterocycles. The van der Waals surface area contributed by atoms with E-state index in [1.165, 1.54) is 23.2 Å². The molecule has 1 aromatic heterocycles. The summed E-state index contributed by atoms with van der Waals surface area (Å²) in [6.45, 7) is 2.79. The predicted octanol–water partition coefficient (Wildman–Crippen LogP) is 2.71. The van der Waals surface area contributed by atoms with Gasteiger partial charge >= 0.3 is 0 Å². The van der Waals surface area contributed by atoms with Crippen molar-refractivity contribution in [3.05, 3.63) is 48.2 Å². The van der Waals surface area contributed by atoms with Crippen LogP contribution in [0.3, 0.4) is 0 Å². The van der Waals surface area contributed by atoms with Crippen molar-refractivity contribution in [2.75, 3.05) is 23.8 Å². The predicted molar refractivity (Wildman–Crippen MR) is 79.9 cm³/mol. The van der Waals surface area contributed by atoms with Crippen molar-refractivity contribution in [2.24, 2.45) is 0 Å². The Kier molecular flexibility index (Phi) is 4.81. The van der Waals surface area contributed by atoms with Gasteiger partial charge < -0.3 is 10.2 Å². The highest BCUT2D eigenvalue weighted by Crippen LogP contribution is 2.16. The Labute approximate surface area is 122 Å². The van der Waals surface area contributed by atoms with Crippen molar-refractivity contribution in [3.63, 3.8) is 0 Å². The van der Waals surface area contributed by atoms with Gasteiger partial charge in [-0.3, -0.25) is 9.78 Å². The molecule has 0 saturated heterocycles. The molecule has 0 spiro atoms.